The third-order valence-electron chi connectivity index (χ3n) is 6.02. The van der Waals surface area contributed by atoms with Crippen molar-refractivity contribution >= 4 is 35.3 Å². The van der Waals surface area contributed by atoms with E-state index in [4.69, 9.17) is 23.2 Å². The number of likely N-dealkylation sites (tertiary alicyclic amines) is 1. The number of hydrogen-bond donors (Lipinski definition) is 3. The standard InChI is InChI=1S/C22H32Cl2N4O2.2CH4/c23-17-11-10-16(20(24)13-17)14-26-22(30)28-12-6-9-19(28)15-25-21(29)27-18-7-4-2-1-3-5-8-18;;/h10-11,13,18-19H,1-9,12,14-15H2,(H,26,30)(H2,25,27,29);2*1H4. The number of urea groups is 2. The Morgan fingerprint density at radius 2 is 1.62 bits per heavy atom. The van der Waals surface area contributed by atoms with E-state index in [9.17, 15) is 9.59 Å². The van der Waals surface area contributed by atoms with Crippen molar-refractivity contribution in [3.63, 3.8) is 0 Å². The van der Waals surface area contributed by atoms with Crippen molar-refractivity contribution in [2.24, 2.45) is 0 Å². The lowest BCUT2D eigenvalue weighted by Crippen LogP contribution is -2.50. The summed E-state index contributed by atoms with van der Waals surface area (Å²) < 4.78 is 0. The van der Waals surface area contributed by atoms with Crippen LogP contribution in [0.3, 0.4) is 0 Å². The smallest absolute Gasteiger partial charge is 0.317 e. The molecule has 1 aromatic rings. The van der Waals surface area contributed by atoms with Crippen molar-refractivity contribution in [3.8, 4) is 0 Å². The van der Waals surface area contributed by atoms with E-state index >= 15 is 0 Å². The van der Waals surface area contributed by atoms with E-state index in [1.165, 1.54) is 32.1 Å². The highest BCUT2D eigenvalue weighted by molar-refractivity contribution is 6.35. The molecule has 2 fully saturated rings. The fourth-order valence-electron chi connectivity index (χ4n) is 4.30. The molecule has 0 spiro atoms. The molecule has 1 aliphatic carbocycles. The maximum Gasteiger partial charge on any atom is 0.317 e. The fraction of sp³-hybridized carbons (Fsp3) is 0.667. The van der Waals surface area contributed by atoms with Gasteiger partial charge in [0, 0.05) is 35.7 Å². The van der Waals surface area contributed by atoms with Gasteiger partial charge in [-0.25, -0.2) is 9.59 Å². The molecule has 0 aromatic heterocycles. The Bertz CT molecular complexity index is 724. The van der Waals surface area contributed by atoms with Crippen LogP contribution in [0.2, 0.25) is 10.0 Å². The average molecular weight is 488 g/mol. The molecule has 1 aromatic carbocycles. The number of nitrogens with one attached hydrogen (secondary N) is 3. The zero-order valence-electron chi connectivity index (χ0n) is 17.4. The highest BCUT2D eigenvalue weighted by Crippen LogP contribution is 2.22. The van der Waals surface area contributed by atoms with Gasteiger partial charge in [0.2, 0.25) is 0 Å². The first kappa shape index (κ1) is 28.4. The van der Waals surface area contributed by atoms with E-state index in [1.54, 1.807) is 17.0 Å². The lowest BCUT2D eigenvalue weighted by atomic mass is 9.97. The zero-order valence-corrected chi connectivity index (χ0v) is 18.9. The summed E-state index contributed by atoms with van der Waals surface area (Å²) in [6.07, 6.45) is 10.1. The highest BCUT2D eigenvalue weighted by Gasteiger charge is 2.29. The Morgan fingerprint density at radius 1 is 0.938 bits per heavy atom. The molecule has 0 bridgehead atoms. The Hall–Kier alpha value is -1.66. The number of hydrogen-bond acceptors (Lipinski definition) is 2. The van der Waals surface area contributed by atoms with Crippen molar-refractivity contribution in [2.45, 2.75) is 91.3 Å². The normalized spacial score (nSPS) is 19.1. The number of benzene rings is 1. The predicted molar refractivity (Wildman–Crippen MR) is 135 cm³/mol. The second-order valence-electron chi connectivity index (χ2n) is 8.28. The SMILES string of the molecule is C.C.O=C(NCC1CCCN1C(=O)NCc1ccc(Cl)cc1Cl)NC1CCCCCCC1. The summed E-state index contributed by atoms with van der Waals surface area (Å²) in [5.41, 5.74) is 0.821. The number of carbonyl (C=O) groups is 2. The highest BCUT2D eigenvalue weighted by atomic mass is 35.5. The summed E-state index contributed by atoms with van der Waals surface area (Å²) in [4.78, 5) is 26.8. The van der Waals surface area contributed by atoms with Gasteiger partial charge in [0.1, 0.15) is 0 Å². The van der Waals surface area contributed by atoms with Crippen LogP contribution >= 0.6 is 23.2 Å². The van der Waals surface area contributed by atoms with Gasteiger partial charge in [-0.1, -0.05) is 76.2 Å². The first-order chi connectivity index (χ1) is 14.5. The molecule has 2 aliphatic rings. The molecular weight excluding hydrogens is 447 g/mol. The molecule has 182 valence electrons. The molecule has 3 N–H and O–H groups in total. The summed E-state index contributed by atoms with van der Waals surface area (Å²) >= 11 is 12.1. The van der Waals surface area contributed by atoms with Crippen molar-refractivity contribution < 1.29 is 9.59 Å². The van der Waals surface area contributed by atoms with Crippen LogP contribution < -0.4 is 16.0 Å². The van der Waals surface area contributed by atoms with E-state index in [0.717, 1.165) is 31.2 Å². The van der Waals surface area contributed by atoms with Crippen LogP contribution in [0.1, 0.15) is 78.2 Å². The maximum atomic E-state index is 12.7. The Morgan fingerprint density at radius 3 is 2.31 bits per heavy atom. The molecule has 32 heavy (non-hydrogen) atoms. The molecule has 4 amide bonds. The van der Waals surface area contributed by atoms with Gasteiger partial charge in [-0.05, 0) is 43.4 Å². The van der Waals surface area contributed by atoms with Gasteiger partial charge in [0.15, 0.2) is 0 Å². The minimum absolute atomic E-state index is 0. The van der Waals surface area contributed by atoms with Gasteiger partial charge in [0.25, 0.3) is 0 Å². The van der Waals surface area contributed by atoms with Crippen molar-refractivity contribution in [1.29, 1.82) is 0 Å². The second-order valence-corrected chi connectivity index (χ2v) is 9.12. The van der Waals surface area contributed by atoms with Gasteiger partial charge in [-0.2, -0.15) is 0 Å². The molecule has 8 heteroatoms. The van der Waals surface area contributed by atoms with Crippen LogP contribution in [0.15, 0.2) is 18.2 Å². The predicted octanol–water partition coefficient (Wildman–Crippen LogP) is 6.35. The third-order valence-corrected chi connectivity index (χ3v) is 6.61. The van der Waals surface area contributed by atoms with Gasteiger partial charge < -0.3 is 20.9 Å². The largest absolute Gasteiger partial charge is 0.336 e. The number of halogens is 2. The minimum Gasteiger partial charge on any atom is -0.336 e. The molecule has 1 saturated heterocycles. The monoisotopic (exact) mass is 486 g/mol. The van der Waals surface area contributed by atoms with Gasteiger partial charge in [0.05, 0.1) is 6.04 Å². The summed E-state index contributed by atoms with van der Waals surface area (Å²) in [6, 6.07) is 5.25. The Labute approximate surface area is 203 Å². The summed E-state index contributed by atoms with van der Waals surface area (Å²) in [5, 5.41) is 10.1. The molecule has 3 rings (SSSR count). The lowest BCUT2D eigenvalue weighted by Gasteiger charge is -2.26. The molecule has 0 radical (unpaired) electrons. The van der Waals surface area contributed by atoms with Crippen LogP contribution in [0.25, 0.3) is 0 Å². The maximum absolute atomic E-state index is 12.7. The number of amides is 4. The summed E-state index contributed by atoms with van der Waals surface area (Å²) in [6.45, 7) is 1.50. The molecular formula is C24H40Cl2N4O2. The van der Waals surface area contributed by atoms with Gasteiger partial charge >= 0.3 is 12.1 Å². The van der Waals surface area contributed by atoms with Crippen molar-refractivity contribution in [3.05, 3.63) is 33.8 Å². The van der Waals surface area contributed by atoms with Gasteiger partial charge in [-0.3, -0.25) is 0 Å². The third kappa shape index (κ3) is 8.70. The first-order valence-electron chi connectivity index (χ1n) is 11.1. The van der Waals surface area contributed by atoms with E-state index in [0.29, 0.717) is 29.7 Å². The van der Waals surface area contributed by atoms with E-state index in [-0.39, 0.29) is 39.0 Å². The fourth-order valence-corrected chi connectivity index (χ4v) is 4.78. The van der Waals surface area contributed by atoms with Gasteiger partial charge in [-0.15, -0.1) is 0 Å². The van der Waals surface area contributed by atoms with E-state index in [1.807, 2.05) is 6.07 Å². The molecule has 1 aliphatic heterocycles. The lowest BCUT2D eigenvalue weighted by molar-refractivity contribution is 0.189. The Kier molecular flexibility index (Phi) is 12.8. The Balaban J connectivity index is 0.00000256. The number of carbonyl (C=O) groups excluding carboxylic acids is 2. The van der Waals surface area contributed by atoms with Crippen molar-refractivity contribution in [2.75, 3.05) is 13.1 Å². The molecule has 1 saturated carbocycles. The quantitative estimate of drug-likeness (QED) is 0.453. The summed E-state index contributed by atoms with van der Waals surface area (Å²) in [7, 11) is 0. The second kappa shape index (κ2) is 14.5. The number of nitrogens with zero attached hydrogens (tertiary/aromatic N) is 1. The van der Waals surface area contributed by atoms with E-state index < -0.39 is 0 Å². The average Bonchev–Trinajstić information content (AvgIpc) is 3.16. The van der Waals surface area contributed by atoms with Crippen LogP contribution in [0, 0.1) is 0 Å². The van der Waals surface area contributed by atoms with Crippen LogP contribution in [0.4, 0.5) is 9.59 Å². The molecule has 6 nitrogen and oxygen atoms in total. The molecule has 1 heterocycles. The zero-order chi connectivity index (χ0) is 21.3. The van der Waals surface area contributed by atoms with Crippen molar-refractivity contribution in [1.82, 2.24) is 20.9 Å². The van der Waals surface area contributed by atoms with Crippen LogP contribution in [-0.4, -0.2) is 42.1 Å². The first-order valence-corrected chi connectivity index (χ1v) is 11.8. The number of rotatable bonds is 5. The van der Waals surface area contributed by atoms with Crippen LogP contribution in [0.5, 0.6) is 0 Å². The molecule has 1 atom stereocenters. The molecule has 1 unspecified atom stereocenters. The van der Waals surface area contributed by atoms with Crippen LogP contribution in [-0.2, 0) is 6.54 Å². The minimum atomic E-state index is -0.134. The topological polar surface area (TPSA) is 73.5 Å². The summed E-state index contributed by atoms with van der Waals surface area (Å²) in [5.74, 6) is 0. The van der Waals surface area contributed by atoms with E-state index in [2.05, 4.69) is 16.0 Å².